The lowest BCUT2D eigenvalue weighted by atomic mass is 9.89. The molecule has 130 valence electrons. The molecule has 3 unspecified atom stereocenters. The van der Waals surface area contributed by atoms with Crippen LogP contribution < -0.4 is 10.6 Å². The molecule has 0 aliphatic carbocycles. The van der Waals surface area contributed by atoms with Gasteiger partial charge in [0, 0.05) is 30.9 Å². The van der Waals surface area contributed by atoms with Gasteiger partial charge in [-0.3, -0.25) is 9.78 Å². The van der Waals surface area contributed by atoms with Crippen molar-refractivity contribution in [2.75, 3.05) is 0 Å². The number of amides is 1. The predicted octanol–water partition coefficient (Wildman–Crippen LogP) is 3.21. The van der Waals surface area contributed by atoms with Gasteiger partial charge in [0.2, 0.25) is 5.91 Å². The molecule has 2 aromatic rings. The highest BCUT2D eigenvalue weighted by Crippen LogP contribution is 2.33. The van der Waals surface area contributed by atoms with Crippen molar-refractivity contribution in [2.45, 2.75) is 50.2 Å². The van der Waals surface area contributed by atoms with Crippen LogP contribution in [0.3, 0.4) is 0 Å². The molecule has 0 spiro atoms. The summed E-state index contributed by atoms with van der Waals surface area (Å²) < 4.78 is 0. The van der Waals surface area contributed by atoms with E-state index in [2.05, 4.69) is 27.8 Å². The molecule has 2 saturated heterocycles. The number of carbonyl (C=O) groups is 1. The fraction of sp³-hybridized carbons (Fsp3) is 0.429. The van der Waals surface area contributed by atoms with Crippen LogP contribution in [0.5, 0.6) is 0 Å². The number of carbonyl (C=O) groups excluding carboxylic acids is 1. The molecule has 0 saturated carbocycles. The Morgan fingerprint density at radius 1 is 1.04 bits per heavy atom. The van der Waals surface area contributed by atoms with Crippen molar-refractivity contribution in [2.24, 2.45) is 5.92 Å². The Morgan fingerprint density at radius 2 is 1.68 bits per heavy atom. The highest BCUT2D eigenvalue weighted by atomic mass is 16.1. The Labute approximate surface area is 149 Å². The van der Waals surface area contributed by atoms with Crippen LogP contribution in [0.1, 0.15) is 49.3 Å². The lowest BCUT2D eigenvalue weighted by molar-refractivity contribution is -0.122. The van der Waals surface area contributed by atoms with Crippen molar-refractivity contribution in [1.29, 1.82) is 0 Å². The van der Waals surface area contributed by atoms with Crippen molar-refractivity contribution in [3.05, 3.63) is 66.0 Å². The van der Waals surface area contributed by atoms with Gasteiger partial charge in [-0.2, -0.15) is 0 Å². The van der Waals surface area contributed by atoms with Crippen LogP contribution in [-0.4, -0.2) is 23.0 Å². The Bertz CT molecular complexity index is 652. The van der Waals surface area contributed by atoms with Gasteiger partial charge in [0.15, 0.2) is 0 Å². The molecule has 2 aliphatic rings. The van der Waals surface area contributed by atoms with Gasteiger partial charge in [-0.25, -0.2) is 0 Å². The second-order valence-electron chi connectivity index (χ2n) is 7.37. The summed E-state index contributed by atoms with van der Waals surface area (Å²) in [6, 6.07) is 15.2. The number of fused-ring (bicyclic) bond motifs is 2. The van der Waals surface area contributed by atoms with E-state index in [9.17, 15) is 4.79 Å². The number of nitrogens with one attached hydrogen (secondary N) is 2. The summed E-state index contributed by atoms with van der Waals surface area (Å²) in [5.74, 6) is 0.657. The van der Waals surface area contributed by atoms with E-state index in [-0.39, 0.29) is 11.9 Å². The van der Waals surface area contributed by atoms with Crippen molar-refractivity contribution < 1.29 is 4.79 Å². The third-order valence-corrected chi connectivity index (χ3v) is 5.52. The standard InChI is InChI=1S/C21H25N3O/c25-20(14-15-12-18-6-7-19(13-15)23-18)24-21(16-4-2-1-3-5-16)17-8-10-22-11-9-17/h1-5,8-11,15,18-19,21,23H,6-7,12-14H2,(H,24,25). The Kier molecular flexibility index (Phi) is 4.79. The molecule has 25 heavy (non-hydrogen) atoms. The van der Waals surface area contributed by atoms with E-state index in [1.165, 1.54) is 12.8 Å². The van der Waals surface area contributed by atoms with Crippen LogP contribution in [0, 0.1) is 5.92 Å². The summed E-state index contributed by atoms with van der Waals surface area (Å²) in [6.45, 7) is 0. The summed E-state index contributed by atoms with van der Waals surface area (Å²) in [6.07, 6.45) is 9.00. The van der Waals surface area contributed by atoms with Crippen LogP contribution in [0.4, 0.5) is 0 Å². The van der Waals surface area contributed by atoms with Gasteiger partial charge in [0.1, 0.15) is 0 Å². The smallest absolute Gasteiger partial charge is 0.221 e. The number of benzene rings is 1. The summed E-state index contributed by atoms with van der Waals surface area (Å²) in [5.41, 5.74) is 2.17. The van der Waals surface area contributed by atoms with Crippen molar-refractivity contribution >= 4 is 5.91 Å². The molecule has 2 N–H and O–H groups in total. The van der Waals surface area contributed by atoms with E-state index in [1.54, 1.807) is 12.4 Å². The molecule has 0 radical (unpaired) electrons. The zero-order valence-electron chi connectivity index (χ0n) is 14.4. The van der Waals surface area contributed by atoms with Gasteiger partial charge in [-0.1, -0.05) is 30.3 Å². The maximum absolute atomic E-state index is 12.8. The number of rotatable bonds is 5. The first kappa shape index (κ1) is 16.3. The lowest BCUT2D eigenvalue weighted by Crippen LogP contribution is -2.40. The van der Waals surface area contributed by atoms with E-state index in [1.807, 2.05) is 30.3 Å². The van der Waals surface area contributed by atoms with Gasteiger partial charge in [0.05, 0.1) is 6.04 Å². The number of piperidine rings is 1. The second-order valence-corrected chi connectivity index (χ2v) is 7.37. The molecule has 4 heteroatoms. The Morgan fingerprint density at radius 3 is 2.36 bits per heavy atom. The van der Waals surface area contributed by atoms with Gasteiger partial charge in [-0.05, 0) is 54.9 Å². The van der Waals surface area contributed by atoms with Crippen molar-refractivity contribution in [3.8, 4) is 0 Å². The van der Waals surface area contributed by atoms with Crippen LogP contribution in [0.25, 0.3) is 0 Å². The average Bonchev–Trinajstić information content (AvgIpc) is 2.99. The molecule has 1 aromatic carbocycles. The molecular formula is C21H25N3O. The van der Waals surface area contributed by atoms with E-state index in [0.717, 1.165) is 24.0 Å². The number of aromatic nitrogens is 1. The van der Waals surface area contributed by atoms with Gasteiger partial charge in [0.25, 0.3) is 0 Å². The second kappa shape index (κ2) is 7.36. The average molecular weight is 335 g/mol. The molecule has 2 fully saturated rings. The zero-order chi connectivity index (χ0) is 17.1. The summed E-state index contributed by atoms with van der Waals surface area (Å²) in [5, 5.41) is 6.91. The van der Waals surface area contributed by atoms with Gasteiger partial charge >= 0.3 is 0 Å². The van der Waals surface area contributed by atoms with Crippen molar-refractivity contribution in [3.63, 3.8) is 0 Å². The first-order chi connectivity index (χ1) is 12.3. The normalized spacial score (nSPS) is 26.2. The highest BCUT2D eigenvalue weighted by molar-refractivity contribution is 5.77. The summed E-state index contributed by atoms with van der Waals surface area (Å²) >= 11 is 0. The number of nitrogens with zero attached hydrogens (tertiary/aromatic N) is 1. The van der Waals surface area contributed by atoms with E-state index >= 15 is 0 Å². The molecule has 2 aliphatic heterocycles. The maximum atomic E-state index is 12.8. The molecule has 2 bridgehead atoms. The minimum absolute atomic E-state index is 0.116. The topological polar surface area (TPSA) is 54.0 Å². The lowest BCUT2D eigenvalue weighted by Gasteiger charge is -2.29. The van der Waals surface area contributed by atoms with Crippen molar-refractivity contribution in [1.82, 2.24) is 15.6 Å². The fourth-order valence-corrected chi connectivity index (χ4v) is 4.38. The number of hydrogen-bond donors (Lipinski definition) is 2. The summed E-state index contributed by atoms with van der Waals surface area (Å²) in [7, 11) is 0. The molecule has 1 aromatic heterocycles. The third kappa shape index (κ3) is 3.90. The maximum Gasteiger partial charge on any atom is 0.221 e. The van der Waals surface area contributed by atoms with Gasteiger partial charge in [-0.15, -0.1) is 0 Å². The molecule has 4 nitrogen and oxygen atoms in total. The zero-order valence-corrected chi connectivity index (χ0v) is 14.4. The molecule has 3 heterocycles. The third-order valence-electron chi connectivity index (χ3n) is 5.52. The summed E-state index contributed by atoms with van der Waals surface area (Å²) in [4.78, 5) is 16.9. The molecule has 4 rings (SSSR count). The Hall–Kier alpha value is -2.20. The fourth-order valence-electron chi connectivity index (χ4n) is 4.38. The largest absolute Gasteiger partial charge is 0.345 e. The predicted molar refractivity (Wildman–Crippen MR) is 98.0 cm³/mol. The van der Waals surface area contributed by atoms with E-state index in [0.29, 0.717) is 24.4 Å². The highest BCUT2D eigenvalue weighted by Gasteiger charge is 2.34. The number of pyridine rings is 1. The van der Waals surface area contributed by atoms with E-state index < -0.39 is 0 Å². The van der Waals surface area contributed by atoms with Gasteiger partial charge < -0.3 is 10.6 Å². The monoisotopic (exact) mass is 335 g/mol. The molecule has 3 atom stereocenters. The minimum Gasteiger partial charge on any atom is -0.345 e. The number of hydrogen-bond acceptors (Lipinski definition) is 3. The molecule has 1 amide bonds. The SMILES string of the molecule is O=C(CC1CC2CCC(C1)N2)NC(c1ccccc1)c1ccncc1. The first-order valence-corrected chi connectivity index (χ1v) is 9.28. The quantitative estimate of drug-likeness (QED) is 0.882. The molecular weight excluding hydrogens is 310 g/mol. The van der Waals surface area contributed by atoms with Crippen LogP contribution >= 0.6 is 0 Å². The van der Waals surface area contributed by atoms with Crippen LogP contribution in [0.15, 0.2) is 54.9 Å². The first-order valence-electron chi connectivity index (χ1n) is 9.28. The van der Waals surface area contributed by atoms with Crippen LogP contribution in [-0.2, 0) is 4.79 Å². The van der Waals surface area contributed by atoms with Crippen LogP contribution in [0.2, 0.25) is 0 Å². The van der Waals surface area contributed by atoms with E-state index in [4.69, 9.17) is 0 Å². The Balaban J connectivity index is 1.46. The minimum atomic E-state index is -0.116.